The van der Waals surface area contributed by atoms with Crippen LogP contribution in [0.2, 0.25) is 5.02 Å². The molecule has 1 aromatic carbocycles. The first-order chi connectivity index (χ1) is 10.5. The van der Waals surface area contributed by atoms with Gasteiger partial charge in [0, 0.05) is 13.1 Å². The van der Waals surface area contributed by atoms with Crippen LogP contribution < -0.4 is 10.5 Å². The number of anilines is 1. The Labute approximate surface area is 131 Å². The largest absolute Gasteiger partial charge is 0.367 e. The van der Waals surface area contributed by atoms with Crippen LogP contribution in [0.1, 0.15) is 18.6 Å². The molecule has 0 radical (unpaired) electrons. The maximum Gasteiger partial charge on any atom is 0.285 e. The second-order valence-corrected chi connectivity index (χ2v) is 5.67. The van der Waals surface area contributed by atoms with E-state index in [1.54, 1.807) is 12.1 Å². The molecule has 0 amide bonds. The molecule has 22 heavy (non-hydrogen) atoms. The summed E-state index contributed by atoms with van der Waals surface area (Å²) >= 11 is 6.07. The summed E-state index contributed by atoms with van der Waals surface area (Å²) in [7, 11) is 0. The van der Waals surface area contributed by atoms with E-state index in [1.807, 2.05) is 11.8 Å². The minimum absolute atomic E-state index is 0.0563. The van der Waals surface area contributed by atoms with Gasteiger partial charge < -0.3 is 9.64 Å². The predicted octanol–water partition coefficient (Wildman–Crippen LogP) is 2.53. The van der Waals surface area contributed by atoms with E-state index in [2.05, 4.69) is 10.2 Å². The molecule has 0 spiro atoms. The maximum atomic E-state index is 13.1. The fourth-order valence-corrected chi connectivity index (χ4v) is 2.81. The van der Waals surface area contributed by atoms with Gasteiger partial charge in [-0.05, 0) is 24.6 Å². The Morgan fingerprint density at radius 1 is 1.36 bits per heavy atom. The number of hydrogen-bond donors (Lipinski definition) is 1. The zero-order valence-corrected chi connectivity index (χ0v) is 12.7. The van der Waals surface area contributed by atoms with Crippen molar-refractivity contribution in [3.05, 3.63) is 57.2 Å². The van der Waals surface area contributed by atoms with Gasteiger partial charge in [0.15, 0.2) is 0 Å². The summed E-state index contributed by atoms with van der Waals surface area (Å²) in [4.78, 5) is 13.6. The Kier molecular flexibility index (Phi) is 4.13. The lowest BCUT2D eigenvalue weighted by molar-refractivity contribution is -0.0174. The van der Waals surface area contributed by atoms with Crippen LogP contribution in [-0.2, 0) is 4.74 Å². The van der Waals surface area contributed by atoms with Crippen LogP contribution in [0.4, 0.5) is 10.1 Å². The molecule has 1 N–H and O–H groups in total. The van der Waals surface area contributed by atoms with Crippen LogP contribution in [0, 0.1) is 5.82 Å². The number of H-pyrrole nitrogens is 1. The van der Waals surface area contributed by atoms with Crippen molar-refractivity contribution < 1.29 is 9.13 Å². The zero-order chi connectivity index (χ0) is 15.7. The lowest BCUT2D eigenvalue weighted by Gasteiger charge is -2.38. The first kappa shape index (κ1) is 15.0. The Bertz CT molecular complexity index is 719. The van der Waals surface area contributed by atoms with Gasteiger partial charge in [0.05, 0.1) is 18.0 Å². The number of aromatic nitrogens is 2. The number of halogens is 2. The maximum absolute atomic E-state index is 13.1. The number of aromatic amines is 1. The molecule has 2 heterocycles. The fourth-order valence-electron chi connectivity index (χ4n) is 2.60. The number of morpholine rings is 1. The summed E-state index contributed by atoms with van der Waals surface area (Å²) in [6.07, 6.45) is 1.25. The van der Waals surface area contributed by atoms with Crippen molar-refractivity contribution >= 4 is 17.3 Å². The van der Waals surface area contributed by atoms with E-state index in [0.29, 0.717) is 18.8 Å². The van der Waals surface area contributed by atoms with Crippen molar-refractivity contribution in [2.75, 3.05) is 18.0 Å². The number of nitrogens with one attached hydrogen (secondary N) is 1. The molecule has 2 unspecified atom stereocenters. The lowest BCUT2D eigenvalue weighted by Crippen LogP contribution is -2.43. The Morgan fingerprint density at radius 2 is 2.09 bits per heavy atom. The van der Waals surface area contributed by atoms with Gasteiger partial charge in [-0.3, -0.25) is 4.79 Å². The molecule has 0 aliphatic carbocycles. The van der Waals surface area contributed by atoms with Crippen LogP contribution >= 0.6 is 11.6 Å². The molecule has 1 fully saturated rings. The monoisotopic (exact) mass is 323 g/mol. The molecule has 7 heteroatoms. The van der Waals surface area contributed by atoms with Gasteiger partial charge in [-0.1, -0.05) is 23.7 Å². The molecular weight excluding hydrogens is 309 g/mol. The molecule has 0 bridgehead atoms. The molecule has 0 saturated carbocycles. The molecule has 1 aliphatic rings. The third-order valence-electron chi connectivity index (χ3n) is 3.62. The van der Waals surface area contributed by atoms with Gasteiger partial charge in [-0.15, -0.1) is 0 Å². The van der Waals surface area contributed by atoms with E-state index >= 15 is 0 Å². The van der Waals surface area contributed by atoms with Crippen LogP contribution in [0.3, 0.4) is 0 Å². The van der Waals surface area contributed by atoms with E-state index in [1.165, 1.54) is 18.3 Å². The predicted molar refractivity (Wildman–Crippen MR) is 81.8 cm³/mol. The summed E-state index contributed by atoms with van der Waals surface area (Å²) in [5, 5.41) is 6.22. The van der Waals surface area contributed by atoms with Crippen LogP contribution in [-0.4, -0.2) is 29.4 Å². The van der Waals surface area contributed by atoms with Crippen molar-refractivity contribution in [1.82, 2.24) is 10.2 Å². The molecule has 2 atom stereocenters. The van der Waals surface area contributed by atoms with Gasteiger partial charge >= 0.3 is 0 Å². The highest BCUT2D eigenvalue weighted by atomic mass is 35.5. The Hall–Kier alpha value is -1.92. The minimum Gasteiger partial charge on any atom is -0.367 e. The van der Waals surface area contributed by atoms with Crippen molar-refractivity contribution in [3.63, 3.8) is 0 Å². The third-order valence-corrected chi connectivity index (χ3v) is 3.99. The molecule has 3 rings (SSSR count). The van der Waals surface area contributed by atoms with E-state index in [0.717, 1.165) is 5.56 Å². The molecule has 2 aromatic rings. The van der Waals surface area contributed by atoms with Crippen molar-refractivity contribution in [1.29, 1.82) is 0 Å². The summed E-state index contributed by atoms with van der Waals surface area (Å²) in [6, 6.07) is 6.22. The van der Waals surface area contributed by atoms with Crippen LogP contribution in [0.5, 0.6) is 0 Å². The number of hydrogen-bond acceptors (Lipinski definition) is 4. The standard InChI is InChI=1S/C15H15ClFN3O2/c1-9-7-20(12-6-18-19-15(21)14(12)16)8-13(22-9)10-2-4-11(17)5-3-10/h2-6,9,13H,7-8H2,1H3,(H,19,21). The molecular formula is C15H15ClFN3O2. The number of benzene rings is 1. The average Bonchev–Trinajstić information content (AvgIpc) is 2.50. The van der Waals surface area contributed by atoms with Gasteiger partial charge in [0.2, 0.25) is 0 Å². The van der Waals surface area contributed by atoms with E-state index in [4.69, 9.17) is 16.3 Å². The van der Waals surface area contributed by atoms with Gasteiger partial charge in [0.25, 0.3) is 5.56 Å². The first-order valence-electron chi connectivity index (χ1n) is 6.93. The van der Waals surface area contributed by atoms with Gasteiger partial charge in [0.1, 0.15) is 16.9 Å². The summed E-state index contributed by atoms with van der Waals surface area (Å²) in [5.74, 6) is -0.286. The van der Waals surface area contributed by atoms with Crippen molar-refractivity contribution in [2.45, 2.75) is 19.1 Å². The number of ether oxygens (including phenoxy) is 1. The first-order valence-corrected chi connectivity index (χ1v) is 7.31. The van der Waals surface area contributed by atoms with Crippen LogP contribution in [0.15, 0.2) is 35.3 Å². The molecule has 1 saturated heterocycles. The average molecular weight is 324 g/mol. The molecule has 116 valence electrons. The van der Waals surface area contributed by atoms with Gasteiger partial charge in [-0.25, -0.2) is 9.49 Å². The van der Waals surface area contributed by atoms with E-state index in [-0.39, 0.29) is 23.0 Å². The summed E-state index contributed by atoms with van der Waals surface area (Å²) in [6.45, 7) is 3.06. The summed E-state index contributed by atoms with van der Waals surface area (Å²) < 4.78 is 19.0. The topological polar surface area (TPSA) is 58.2 Å². The van der Waals surface area contributed by atoms with Gasteiger partial charge in [-0.2, -0.15) is 5.10 Å². The Morgan fingerprint density at radius 3 is 2.82 bits per heavy atom. The highest BCUT2D eigenvalue weighted by Crippen LogP contribution is 2.30. The summed E-state index contributed by atoms with van der Waals surface area (Å²) in [5.41, 5.74) is 1.04. The van der Waals surface area contributed by atoms with Crippen molar-refractivity contribution in [3.8, 4) is 0 Å². The zero-order valence-electron chi connectivity index (χ0n) is 11.9. The molecule has 1 aliphatic heterocycles. The highest BCUT2D eigenvalue weighted by Gasteiger charge is 2.28. The molecule has 5 nitrogen and oxygen atoms in total. The lowest BCUT2D eigenvalue weighted by atomic mass is 10.1. The number of nitrogens with zero attached hydrogens (tertiary/aromatic N) is 2. The highest BCUT2D eigenvalue weighted by molar-refractivity contribution is 6.33. The van der Waals surface area contributed by atoms with E-state index < -0.39 is 5.56 Å². The SMILES string of the molecule is CC1CN(c2cn[nH]c(=O)c2Cl)CC(c2ccc(F)cc2)O1. The van der Waals surface area contributed by atoms with Crippen LogP contribution in [0.25, 0.3) is 0 Å². The normalized spacial score (nSPS) is 21.9. The number of rotatable bonds is 2. The Balaban J connectivity index is 1.89. The third kappa shape index (κ3) is 2.98. The molecule has 1 aromatic heterocycles. The minimum atomic E-state index is -0.420. The second-order valence-electron chi connectivity index (χ2n) is 5.29. The van der Waals surface area contributed by atoms with E-state index in [9.17, 15) is 9.18 Å². The second kappa shape index (κ2) is 6.06. The smallest absolute Gasteiger partial charge is 0.285 e. The fraction of sp³-hybridized carbons (Fsp3) is 0.333. The van der Waals surface area contributed by atoms with Crippen molar-refractivity contribution in [2.24, 2.45) is 0 Å². The quantitative estimate of drug-likeness (QED) is 0.922.